The van der Waals surface area contributed by atoms with Gasteiger partial charge in [-0.1, -0.05) is 27.2 Å². The average Bonchev–Trinajstić information content (AvgIpc) is 3.32. The lowest BCUT2D eigenvalue weighted by Gasteiger charge is -2.39. The molecule has 0 aromatic heterocycles. The van der Waals surface area contributed by atoms with E-state index in [-0.39, 0.29) is 37.0 Å². The third-order valence-corrected chi connectivity index (χ3v) is 7.68. The zero-order chi connectivity index (χ0) is 23.1. The highest BCUT2D eigenvalue weighted by Crippen LogP contribution is 2.64. The number of esters is 1. The van der Waals surface area contributed by atoms with Gasteiger partial charge in [0.2, 0.25) is 11.8 Å². The minimum Gasteiger partial charge on any atom is -0.466 e. The minimum atomic E-state index is -1.08. The number of nitrogens with zero attached hydrogens (tertiary/aromatic N) is 1. The highest BCUT2D eigenvalue weighted by molar-refractivity contribution is 5.98. The Labute approximate surface area is 185 Å². The van der Waals surface area contributed by atoms with Crippen LogP contribution in [0.15, 0.2) is 0 Å². The van der Waals surface area contributed by atoms with E-state index in [1.807, 2.05) is 34.6 Å². The second kappa shape index (κ2) is 8.70. The van der Waals surface area contributed by atoms with Crippen LogP contribution in [0.4, 0.5) is 0 Å². The van der Waals surface area contributed by atoms with E-state index >= 15 is 0 Å². The van der Waals surface area contributed by atoms with Gasteiger partial charge in [0, 0.05) is 6.04 Å². The Morgan fingerprint density at radius 2 is 1.94 bits per heavy atom. The molecule has 2 amide bonds. The molecule has 7 atom stereocenters. The van der Waals surface area contributed by atoms with Gasteiger partial charge in [-0.15, -0.1) is 0 Å². The first-order valence-electron chi connectivity index (χ1n) is 11.7. The summed E-state index contributed by atoms with van der Waals surface area (Å²) in [7, 11) is 0. The fourth-order valence-electron chi connectivity index (χ4n) is 6.08. The summed E-state index contributed by atoms with van der Waals surface area (Å²) in [5.41, 5.74) is -1.87. The van der Waals surface area contributed by atoms with Crippen LogP contribution in [0.2, 0.25) is 0 Å². The predicted molar refractivity (Wildman–Crippen MR) is 114 cm³/mol. The lowest BCUT2D eigenvalue weighted by molar-refractivity contribution is -0.162. The van der Waals surface area contributed by atoms with Crippen LogP contribution < -0.4 is 5.32 Å². The fraction of sp³-hybridized carbons (Fsp3) is 0.870. The van der Waals surface area contributed by atoms with Gasteiger partial charge in [-0.05, 0) is 46.0 Å². The van der Waals surface area contributed by atoms with Crippen LogP contribution in [-0.2, 0) is 23.9 Å². The molecule has 3 aliphatic heterocycles. The summed E-state index contributed by atoms with van der Waals surface area (Å²) in [4.78, 5) is 42.0. The van der Waals surface area contributed by atoms with Crippen molar-refractivity contribution in [2.45, 2.75) is 96.6 Å². The third-order valence-electron chi connectivity index (χ3n) is 7.68. The molecule has 0 aromatic carbocycles. The summed E-state index contributed by atoms with van der Waals surface area (Å²) in [5.74, 6) is -2.54. The van der Waals surface area contributed by atoms with Crippen molar-refractivity contribution < 1.29 is 29.0 Å². The van der Waals surface area contributed by atoms with Gasteiger partial charge >= 0.3 is 5.97 Å². The molecule has 31 heavy (non-hydrogen) atoms. The maximum absolute atomic E-state index is 13.9. The van der Waals surface area contributed by atoms with Gasteiger partial charge in [-0.3, -0.25) is 14.4 Å². The number of rotatable bonds is 9. The number of ether oxygens (including phenoxy) is 2. The normalized spacial score (nSPS) is 35.9. The number of hydrogen-bond acceptors (Lipinski definition) is 6. The number of carbonyl (C=O) groups is 3. The molecule has 0 aliphatic carbocycles. The number of likely N-dealkylation sites (tertiary alicyclic amines) is 1. The van der Waals surface area contributed by atoms with E-state index in [2.05, 4.69) is 5.32 Å². The molecular weight excluding hydrogens is 400 g/mol. The number of fused-ring (bicyclic) bond motifs is 1. The van der Waals surface area contributed by atoms with Gasteiger partial charge in [0.1, 0.15) is 17.6 Å². The summed E-state index contributed by atoms with van der Waals surface area (Å²) >= 11 is 0. The van der Waals surface area contributed by atoms with E-state index < -0.39 is 41.1 Å². The van der Waals surface area contributed by atoms with E-state index in [4.69, 9.17) is 9.47 Å². The molecule has 8 nitrogen and oxygen atoms in total. The Balaban J connectivity index is 2.14. The van der Waals surface area contributed by atoms with Gasteiger partial charge < -0.3 is 24.8 Å². The molecule has 3 fully saturated rings. The summed E-state index contributed by atoms with van der Waals surface area (Å²) in [6.07, 6.45) is 2.43. The Bertz CT molecular complexity index is 727. The van der Waals surface area contributed by atoms with Crippen molar-refractivity contribution in [1.29, 1.82) is 0 Å². The van der Waals surface area contributed by atoms with E-state index in [0.29, 0.717) is 19.3 Å². The van der Waals surface area contributed by atoms with Crippen molar-refractivity contribution in [3.63, 3.8) is 0 Å². The second-order valence-corrected chi connectivity index (χ2v) is 9.63. The molecule has 3 rings (SSSR count). The van der Waals surface area contributed by atoms with Crippen LogP contribution in [0.1, 0.15) is 67.2 Å². The van der Waals surface area contributed by atoms with Gasteiger partial charge in [-0.25, -0.2) is 0 Å². The van der Waals surface area contributed by atoms with Crippen molar-refractivity contribution >= 4 is 17.8 Å². The van der Waals surface area contributed by atoms with Crippen molar-refractivity contribution in [1.82, 2.24) is 10.2 Å². The van der Waals surface area contributed by atoms with Gasteiger partial charge in [0.15, 0.2) is 0 Å². The summed E-state index contributed by atoms with van der Waals surface area (Å²) in [5, 5.41) is 13.2. The molecule has 3 aliphatic rings. The number of carbonyl (C=O) groups excluding carboxylic acids is 3. The smallest absolute Gasteiger partial charge is 0.312 e. The first kappa shape index (κ1) is 24.0. The van der Waals surface area contributed by atoms with Crippen LogP contribution in [-0.4, -0.2) is 70.3 Å². The number of amides is 2. The summed E-state index contributed by atoms with van der Waals surface area (Å²) in [6.45, 7) is 11.4. The molecule has 3 saturated heterocycles. The van der Waals surface area contributed by atoms with Gasteiger partial charge in [-0.2, -0.15) is 0 Å². The molecule has 8 heteroatoms. The van der Waals surface area contributed by atoms with E-state index in [1.165, 1.54) is 4.90 Å². The lowest BCUT2D eigenvalue weighted by Crippen LogP contribution is -2.59. The molecule has 0 radical (unpaired) electrons. The van der Waals surface area contributed by atoms with Gasteiger partial charge in [0.25, 0.3) is 0 Å². The Kier molecular flexibility index (Phi) is 6.73. The molecule has 2 N–H and O–H groups in total. The van der Waals surface area contributed by atoms with Crippen LogP contribution in [0.3, 0.4) is 0 Å². The highest BCUT2D eigenvalue weighted by atomic mass is 16.6. The van der Waals surface area contributed by atoms with Crippen LogP contribution in [0.5, 0.6) is 0 Å². The van der Waals surface area contributed by atoms with E-state index in [9.17, 15) is 19.5 Å². The maximum atomic E-state index is 13.9. The monoisotopic (exact) mass is 438 g/mol. The molecule has 2 unspecified atom stereocenters. The number of hydrogen-bond donors (Lipinski definition) is 2. The average molecular weight is 439 g/mol. The van der Waals surface area contributed by atoms with Crippen LogP contribution in [0, 0.1) is 17.8 Å². The number of aliphatic hydroxyl groups excluding tert-OH is 1. The van der Waals surface area contributed by atoms with E-state index in [0.717, 1.165) is 6.42 Å². The number of nitrogens with one attached hydrogen (secondary N) is 1. The van der Waals surface area contributed by atoms with Crippen molar-refractivity contribution in [2.24, 2.45) is 17.8 Å². The molecule has 0 saturated carbocycles. The SMILES string of the molecule is CCOC(=O)[C@@H]1[C@H]2C(=O)N([C@@H](CO)[C@@H](C)CC)C(C(=O)NC(C)C)C23CC[C@@]1(CC)O3. The fourth-order valence-corrected chi connectivity index (χ4v) is 6.08. The molecular formula is C23H38N2O6. The third kappa shape index (κ3) is 3.46. The Hall–Kier alpha value is -1.67. The quantitative estimate of drug-likeness (QED) is 0.530. The van der Waals surface area contributed by atoms with Crippen LogP contribution >= 0.6 is 0 Å². The molecule has 0 aromatic rings. The second-order valence-electron chi connectivity index (χ2n) is 9.63. The highest BCUT2D eigenvalue weighted by Gasteiger charge is 2.79. The molecule has 1 spiro atoms. The largest absolute Gasteiger partial charge is 0.466 e. The summed E-state index contributed by atoms with van der Waals surface area (Å²) in [6, 6.07) is -1.52. The Morgan fingerprint density at radius 1 is 1.26 bits per heavy atom. The zero-order valence-corrected chi connectivity index (χ0v) is 19.6. The van der Waals surface area contributed by atoms with Crippen molar-refractivity contribution in [3.8, 4) is 0 Å². The van der Waals surface area contributed by atoms with Crippen molar-refractivity contribution in [2.75, 3.05) is 13.2 Å². The lowest BCUT2D eigenvalue weighted by atomic mass is 9.65. The molecule has 3 heterocycles. The maximum Gasteiger partial charge on any atom is 0.312 e. The standard InChI is InChI=1S/C23H38N2O6/c1-7-14(6)15(12-26)25-18(19(27)24-13(4)5)23-11-10-22(8-2,31-23)17(16(23)20(25)28)21(29)30-9-3/h13-18,26H,7-12H2,1-6H3,(H,24,27)/t14-,15-,16-,17-,18?,22+,23?/m0/s1. The predicted octanol–water partition coefficient (Wildman–Crippen LogP) is 1.64. The van der Waals surface area contributed by atoms with Crippen LogP contribution in [0.25, 0.3) is 0 Å². The van der Waals surface area contributed by atoms with Crippen molar-refractivity contribution in [3.05, 3.63) is 0 Å². The minimum absolute atomic E-state index is 0.0168. The topological polar surface area (TPSA) is 105 Å². The first-order chi connectivity index (χ1) is 14.6. The Morgan fingerprint density at radius 3 is 2.45 bits per heavy atom. The first-order valence-corrected chi connectivity index (χ1v) is 11.7. The zero-order valence-electron chi connectivity index (χ0n) is 19.6. The molecule has 2 bridgehead atoms. The van der Waals surface area contributed by atoms with Gasteiger partial charge in [0.05, 0.1) is 30.8 Å². The molecule has 176 valence electrons. The van der Waals surface area contributed by atoms with E-state index in [1.54, 1.807) is 6.92 Å². The number of aliphatic hydroxyl groups is 1. The summed E-state index contributed by atoms with van der Waals surface area (Å²) < 4.78 is 12.0.